The third-order valence-electron chi connectivity index (χ3n) is 4.07. The maximum Gasteiger partial charge on any atom is 0.191 e. The van der Waals surface area contributed by atoms with Crippen molar-refractivity contribution in [3.63, 3.8) is 0 Å². The van der Waals surface area contributed by atoms with Crippen molar-refractivity contribution in [2.24, 2.45) is 4.99 Å². The smallest absolute Gasteiger partial charge is 0.191 e. The second-order valence-corrected chi connectivity index (χ2v) is 5.84. The van der Waals surface area contributed by atoms with Crippen LogP contribution < -0.4 is 10.6 Å². The Hall–Kier alpha value is -2.82. The van der Waals surface area contributed by atoms with Gasteiger partial charge in [-0.25, -0.2) is 4.99 Å². The van der Waals surface area contributed by atoms with Gasteiger partial charge in [0.15, 0.2) is 5.96 Å². The Morgan fingerprint density at radius 2 is 1.96 bits per heavy atom. The Kier molecular flexibility index (Phi) is 5.67. The largest absolute Gasteiger partial charge is 0.459 e. The molecule has 0 saturated carbocycles. The number of fused-ring (bicyclic) bond motifs is 1. The van der Waals surface area contributed by atoms with E-state index >= 15 is 0 Å². The van der Waals surface area contributed by atoms with E-state index in [-0.39, 0.29) is 0 Å². The van der Waals surface area contributed by atoms with Crippen molar-refractivity contribution in [3.8, 4) is 0 Å². The number of rotatable bonds is 6. The van der Waals surface area contributed by atoms with Gasteiger partial charge in [0, 0.05) is 42.4 Å². The molecule has 2 aromatic heterocycles. The fourth-order valence-electron chi connectivity index (χ4n) is 2.72. The van der Waals surface area contributed by atoms with E-state index in [4.69, 9.17) is 4.42 Å². The van der Waals surface area contributed by atoms with Crippen molar-refractivity contribution in [2.45, 2.75) is 26.8 Å². The van der Waals surface area contributed by atoms with Crippen LogP contribution in [0.5, 0.6) is 0 Å². The van der Waals surface area contributed by atoms with E-state index < -0.39 is 0 Å². The van der Waals surface area contributed by atoms with Gasteiger partial charge < -0.3 is 15.1 Å². The molecule has 0 unspecified atom stereocenters. The Labute approximate surface area is 148 Å². The molecule has 0 bridgehead atoms. The summed E-state index contributed by atoms with van der Waals surface area (Å²) < 4.78 is 5.93. The van der Waals surface area contributed by atoms with Gasteiger partial charge in [-0.3, -0.25) is 4.98 Å². The number of nitrogens with zero attached hydrogens (tertiary/aromatic N) is 2. The molecule has 1 aromatic carbocycles. The summed E-state index contributed by atoms with van der Waals surface area (Å²) in [4.78, 5) is 8.99. The summed E-state index contributed by atoms with van der Waals surface area (Å²) in [5, 5.41) is 7.77. The molecule has 0 amide bonds. The van der Waals surface area contributed by atoms with Crippen molar-refractivity contribution in [2.75, 3.05) is 13.1 Å². The van der Waals surface area contributed by atoms with Crippen LogP contribution in [0.2, 0.25) is 0 Å². The van der Waals surface area contributed by atoms with Gasteiger partial charge >= 0.3 is 0 Å². The molecule has 0 aliphatic carbocycles. The van der Waals surface area contributed by atoms with Crippen LogP contribution in [0, 0.1) is 6.92 Å². The molecule has 5 heteroatoms. The molecule has 0 saturated heterocycles. The lowest BCUT2D eigenvalue weighted by Gasteiger charge is -2.10. The van der Waals surface area contributed by atoms with Crippen LogP contribution in [0.4, 0.5) is 0 Å². The average Bonchev–Trinajstić information content (AvgIpc) is 2.97. The lowest BCUT2D eigenvalue weighted by atomic mass is 10.1. The first-order valence-electron chi connectivity index (χ1n) is 8.67. The van der Waals surface area contributed by atoms with Crippen molar-refractivity contribution in [3.05, 3.63) is 65.7 Å². The maximum atomic E-state index is 5.93. The van der Waals surface area contributed by atoms with Gasteiger partial charge in [-0.1, -0.05) is 24.3 Å². The van der Waals surface area contributed by atoms with Crippen molar-refractivity contribution in [1.29, 1.82) is 0 Å². The van der Waals surface area contributed by atoms with E-state index in [0.717, 1.165) is 53.5 Å². The molecule has 3 rings (SSSR count). The highest BCUT2D eigenvalue weighted by Crippen LogP contribution is 2.25. The minimum Gasteiger partial charge on any atom is -0.459 e. The molecule has 25 heavy (non-hydrogen) atoms. The Morgan fingerprint density at radius 1 is 1.12 bits per heavy atom. The third kappa shape index (κ3) is 4.38. The minimum atomic E-state index is 0.513. The molecule has 130 valence electrons. The summed E-state index contributed by atoms with van der Waals surface area (Å²) in [6, 6.07) is 14.1. The first kappa shape index (κ1) is 17.0. The summed E-state index contributed by atoms with van der Waals surface area (Å²) in [5.74, 6) is 1.70. The van der Waals surface area contributed by atoms with Crippen LogP contribution >= 0.6 is 0 Å². The summed E-state index contributed by atoms with van der Waals surface area (Å²) in [7, 11) is 0. The second kappa shape index (κ2) is 8.33. The lowest BCUT2D eigenvalue weighted by Crippen LogP contribution is -2.38. The molecule has 0 aliphatic heterocycles. The van der Waals surface area contributed by atoms with E-state index in [1.807, 2.05) is 42.6 Å². The van der Waals surface area contributed by atoms with Crippen LogP contribution in [-0.4, -0.2) is 24.0 Å². The Morgan fingerprint density at radius 3 is 2.72 bits per heavy atom. The van der Waals surface area contributed by atoms with Crippen LogP contribution in [0.25, 0.3) is 11.0 Å². The highest BCUT2D eigenvalue weighted by atomic mass is 16.3. The van der Waals surface area contributed by atoms with Crippen LogP contribution in [0.1, 0.15) is 23.9 Å². The fourth-order valence-corrected chi connectivity index (χ4v) is 2.72. The molecular weight excluding hydrogens is 312 g/mol. The predicted molar refractivity (Wildman–Crippen MR) is 102 cm³/mol. The van der Waals surface area contributed by atoms with Crippen LogP contribution in [0.3, 0.4) is 0 Å². The number of pyridine rings is 1. The molecule has 0 atom stereocenters. The van der Waals surface area contributed by atoms with E-state index in [0.29, 0.717) is 6.54 Å². The van der Waals surface area contributed by atoms with Crippen LogP contribution in [-0.2, 0) is 13.0 Å². The first-order valence-corrected chi connectivity index (χ1v) is 8.67. The zero-order valence-electron chi connectivity index (χ0n) is 14.7. The number of aryl methyl sites for hydroxylation is 1. The van der Waals surface area contributed by atoms with Gasteiger partial charge in [-0.05, 0) is 32.0 Å². The third-order valence-corrected chi connectivity index (χ3v) is 4.07. The summed E-state index contributed by atoms with van der Waals surface area (Å²) in [6.07, 6.45) is 2.67. The quantitative estimate of drug-likeness (QED) is 0.535. The molecule has 0 radical (unpaired) electrons. The lowest BCUT2D eigenvalue weighted by molar-refractivity contribution is 0.548. The van der Waals surface area contributed by atoms with Gasteiger partial charge in [0.25, 0.3) is 0 Å². The van der Waals surface area contributed by atoms with E-state index in [1.165, 1.54) is 0 Å². The number of guanidine groups is 1. The molecule has 0 fully saturated rings. The van der Waals surface area contributed by atoms with Gasteiger partial charge in [-0.2, -0.15) is 0 Å². The molecule has 0 spiro atoms. The van der Waals surface area contributed by atoms with Crippen molar-refractivity contribution in [1.82, 2.24) is 15.6 Å². The Bertz CT molecular complexity index is 839. The number of aromatic nitrogens is 1. The van der Waals surface area contributed by atoms with Crippen molar-refractivity contribution < 1.29 is 4.42 Å². The van der Waals surface area contributed by atoms with Crippen molar-refractivity contribution >= 4 is 16.9 Å². The normalized spacial score (nSPS) is 11.7. The standard InChI is InChI=1S/C20H24N4O/c1-3-21-20(23-13-11-16-8-6-7-12-22-16)24-14-19-15(2)17-9-4-5-10-18(17)25-19/h4-10,12H,3,11,13-14H2,1-2H3,(H2,21,23,24). The topological polar surface area (TPSA) is 62.5 Å². The monoisotopic (exact) mass is 336 g/mol. The SMILES string of the molecule is CCNC(=NCc1oc2ccccc2c1C)NCCc1ccccn1. The number of benzene rings is 1. The maximum absolute atomic E-state index is 5.93. The van der Waals surface area contributed by atoms with Gasteiger partial charge in [0.05, 0.1) is 0 Å². The summed E-state index contributed by atoms with van der Waals surface area (Å²) >= 11 is 0. The number of para-hydroxylation sites is 1. The number of aliphatic imine (C=N–C) groups is 1. The number of hydrogen-bond donors (Lipinski definition) is 2. The number of nitrogens with one attached hydrogen (secondary N) is 2. The molecule has 0 aliphatic rings. The molecule has 2 N–H and O–H groups in total. The zero-order valence-corrected chi connectivity index (χ0v) is 14.7. The summed E-state index contributed by atoms with van der Waals surface area (Å²) in [5.41, 5.74) is 3.14. The van der Waals surface area contributed by atoms with Gasteiger partial charge in [-0.15, -0.1) is 0 Å². The second-order valence-electron chi connectivity index (χ2n) is 5.84. The number of hydrogen-bond acceptors (Lipinski definition) is 3. The zero-order chi connectivity index (χ0) is 17.5. The Balaban J connectivity index is 1.63. The van der Waals surface area contributed by atoms with E-state index in [1.54, 1.807) is 0 Å². The first-order chi connectivity index (χ1) is 12.3. The molecule has 3 aromatic rings. The fraction of sp³-hybridized carbons (Fsp3) is 0.300. The average molecular weight is 336 g/mol. The van der Waals surface area contributed by atoms with Crippen LogP contribution in [0.15, 0.2) is 58.1 Å². The molecule has 2 heterocycles. The van der Waals surface area contributed by atoms with E-state index in [2.05, 4.69) is 40.5 Å². The minimum absolute atomic E-state index is 0.513. The molecular formula is C20H24N4O. The molecule has 5 nitrogen and oxygen atoms in total. The van der Waals surface area contributed by atoms with Gasteiger partial charge in [0.2, 0.25) is 0 Å². The summed E-state index contributed by atoms with van der Waals surface area (Å²) in [6.45, 7) is 6.25. The van der Waals surface area contributed by atoms with Gasteiger partial charge in [0.1, 0.15) is 17.9 Å². The van der Waals surface area contributed by atoms with E-state index in [9.17, 15) is 0 Å². The number of furan rings is 1. The highest BCUT2D eigenvalue weighted by Gasteiger charge is 2.09. The predicted octanol–water partition coefficient (Wildman–Crippen LogP) is 3.43. The highest BCUT2D eigenvalue weighted by molar-refractivity contribution is 5.82.